The molecule has 0 saturated carbocycles. The molecule has 376 valence electrons. The Hall–Kier alpha value is -9.76. The zero-order valence-electron chi connectivity index (χ0n) is 44.3. The van der Waals surface area contributed by atoms with Gasteiger partial charge in [-0.2, -0.15) is 0 Å². The first kappa shape index (κ1) is 50.4. The van der Waals surface area contributed by atoms with Gasteiger partial charge in [0.05, 0.1) is 0 Å². The fourth-order valence-electron chi connectivity index (χ4n) is 10.1. The molecule has 0 aliphatic carbocycles. The lowest BCUT2D eigenvalue weighted by atomic mass is 9.86. The lowest BCUT2D eigenvalue weighted by Crippen LogP contribution is -2.10. The third kappa shape index (κ3) is 12.5. The monoisotopic (exact) mass is 1000 g/mol. The van der Waals surface area contributed by atoms with Gasteiger partial charge in [-0.1, -0.05) is 254 Å². The van der Waals surface area contributed by atoms with Crippen LogP contribution in [-0.4, -0.2) is 0 Å². The third-order valence-electron chi connectivity index (χ3n) is 14.4. The van der Waals surface area contributed by atoms with E-state index in [9.17, 15) is 0 Å². The van der Waals surface area contributed by atoms with Gasteiger partial charge in [0.2, 0.25) is 0 Å². The second kappa shape index (κ2) is 24.3. The van der Waals surface area contributed by atoms with Gasteiger partial charge in [0.1, 0.15) is 0 Å². The molecule has 11 rings (SSSR count). The second-order valence-corrected chi connectivity index (χ2v) is 20.0. The summed E-state index contributed by atoms with van der Waals surface area (Å²) >= 11 is 0. The minimum Gasteiger partial charge on any atom is -0.311 e. The van der Waals surface area contributed by atoms with E-state index < -0.39 is 0 Å². The van der Waals surface area contributed by atoms with Crippen molar-refractivity contribution in [2.75, 3.05) is 9.80 Å². The zero-order chi connectivity index (χ0) is 52.9. The third-order valence-corrected chi connectivity index (χ3v) is 14.4. The van der Waals surface area contributed by atoms with E-state index in [-0.39, 0.29) is 5.92 Å². The lowest BCUT2D eigenvalue weighted by Gasteiger charge is -2.26. The van der Waals surface area contributed by atoms with Crippen LogP contribution in [0.15, 0.2) is 291 Å². The van der Waals surface area contributed by atoms with Crippen molar-refractivity contribution in [1.29, 1.82) is 0 Å². The van der Waals surface area contributed by atoms with Gasteiger partial charge in [0.25, 0.3) is 0 Å². The van der Waals surface area contributed by atoms with Crippen molar-refractivity contribution in [3.8, 4) is 0 Å². The van der Waals surface area contributed by atoms with E-state index in [0.717, 1.165) is 68.4 Å². The molecule has 0 radical (unpaired) electrons. The first-order valence-corrected chi connectivity index (χ1v) is 27.0. The Kier molecular flexibility index (Phi) is 15.7. The van der Waals surface area contributed by atoms with E-state index >= 15 is 0 Å². The topological polar surface area (TPSA) is 6.48 Å². The molecule has 0 aliphatic rings. The van der Waals surface area contributed by atoms with Crippen molar-refractivity contribution < 1.29 is 0 Å². The molecule has 0 aliphatic heterocycles. The van der Waals surface area contributed by atoms with Crippen LogP contribution in [0.3, 0.4) is 0 Å². The normalized spacial score (nSPS) is 11.3. The second-order valence-electron chi connectivity index (χ2n) is 20.0. The number of hydrogen-bond acceptors (Lipinski definition) is 2. The number of nitrogens with zero attached hydrogens (tertiary/aromatic N) is 2. The molecule has 2 nitrogen and oxygen atoms in total. The van der Waals surface area contributed by atoms with Crippen LogP contribution >= 0.6 is 0 Å². The lowest BCUT2D eigenvalue weighted by molar-refractivity contribution is 0.805. The van der Waals surface area contributed by atoms with Gasteiger partial charge in [-0.3, -0.25) is 0 Å². The molecule has 11 aromatic carbocycles. The molecule has 0 saturated heterocycles. The molecule has 0 heterocycles. The van der Waals surface area contributed by atoms with Crippen LogP contribution in [0.5, 0.6) is 0 Å². The van der Waals surface area contributed by atoms with E-state index in [2.05, 4.69) is 345 Å². The molecular formula is C76H62N2. The zero-order valence-corrected chi connectivity index (χ0v) is 44.3. The predicted molar refractivity (Wildman–Crippen MR) is 334 cm³/mol. The van der Waals surface area contributed by atoms with Crippen LogP contribution in [0, 0.1) is 13.8 Å². The van der Waals surface area contributed by atoms with Crippen molar-refractivity contribution in [3.63, 3.8) is 0 Å². The van der Waals surface area contributed by atoms with Crippen molar-refractivity contribution in [3.05, 3.63) is 358 Å². The molecule has 2 heteroatoms. The fourth-order valence-corrected chi connectivity index (χ4v) is 10.1. The molecule has 78 heavy (non-hydrogen) atoms. The van der Waals surface area contributed by atoms with Crippen LogP contribution in [0.4, 0.5) is 34.1 Å². The Morgan fingerprint density at radius 3 is 0.897 bits per heavy atom. The summed E-state index contributed by atoms with van der Waals surface area (Å²) in [6.45, 7) is 4.27. The Balaban J connectivity index is 0.759. The summed E-state index contributed by atoms with van der Waals surface area (Å²) in [6.07, 6.45) is 12.0. The molecule has 0 spiro atoms. The standard InChI is InChI=1S/C76H62N2/c1-57-23-43-69(44-24-57)77(73-51-39-63(40-52-73)55-75(65-15-7-3-8-16-65)66-17-9-4-10-18-66)71-47-35-61(36-48-71)33-31-59-27-29-60(30-28-59)32-34-62-37-49-72(50-38-62)78(70-45-25-58(2)26-46-70)74-53-41-64(42-54-74)56-76(67-19-11-5-12-20-67)68-21-13-6-14-22-68/h3-55,76H,56H2,1-2H3/b33-31+,34-32+. The molecule has 0 atom stereocenters. The number of anilines is 6. The van der Waals surface area contributed by atoms with Crippen molar-refractivity contribution >= 4 is 70.1 Å². The smallest absolute Gasteiger partial charge is 0.0462 e. The maximum atomic E-state index is 2.34. The first-order valence-electron chi connectivity index (χ1n) is 27.0. The fraction of sp³-hybridized carbons (Fsp3) is 0.0526. The van der Waals surface area contributed by atoms with Crippen molar-refractivity contribution in [2.24, 2.45) is 0 Å². The number of hydrogen-bond donors (Lipinski definition) is 0. The van der Waals surface area contributed by atoms with Crippen LogP contribution in [0.1, 0.15) is 72.7 Å². The summed E-state index contributed by atoms with van der Waals surface area (Å²) in [5, 5.41) is 0. The number of rotatable bonds is 17. The summed E-state index contributed by atoms with van der Waals surface area (Å²) in [7, 11) is 0. The van der Waals surface area contributed by atoms with Crippen molar-refractivity contribution in [2.45, 2.75) is 26.2 Å². The van der Waals surface area contributed by atoms with Gasteiger partial charge in [-0.25, -0.2) is 0 Å². The quantitative estimate of drug-likeness (QED) is 0.0839. The van der Waals surface area contributed by atoms with Gasteiger partial charge in [-0.05, 0) is 160 Å². The molecule has 0 fully saturated rings. The maximum Gasteiger partial charge on any atom is 0.0462 e. The SMILES string of the molecule is Cc1ccc(N(c2ccc(C=C(c3ccccc3)c3ccccc3)cc2)c2ccc(/C=C/c3ccc(/C=C/c4ccc(N(c5ccc(C)cc5)c5ccc(CC(c6ccccc6)c6ccccc6)cc5)cc4)cc3)cc2)cc1. The molecule has 0 bridgehead atoms. The maximum absolute atomic E-state index is 2.34. The van der Waals surface area contributed by atoms with Gasteiger partial charge >= 0.3 is 0 Å². The molecule has 0 amide bonds. The van der Waals surface area contributed by atoms with Crippen LogP contribution in [-0.2, 0) is 6.42 Å². The van der Waals surface area contributed by atoms with E-state index in [1.165, 1.54) is 44.5 Å². The average Bonchev–Trinajstić information content (AvgIpc) is 3.53. The highest BCUT2D eigenvalue weighted by Gasteiger charge is 2.18. The Morgan fingerprint density at radius 2 is 0.564 bits per heavy atom. The van der Waals surface area contributed by atoms with E-state index in [4.69, 9.17) is 0 Å². The van der Waals surface area contributed by atoms with Crippen LogP contribution in [0.2, 0.25) is 0 Å². The summed E-state index contributed by atoms with van der Waals surface area (Å²) < 4.78 is 0. The molecule has 0 N–H and O–H groups in total. The summed E-state index contributed by atoms with van der Waals surface area (Å²) in [5.41, 5.74) is 22.4. The average molecular weight is 1000 g/mol. The highest BCUT2D eigenvalue weighted by atomic mass is 15.1. The molecule has 0 unspecified atom stereocenters. The highest BCUT2D eigenvalue weighted by Crippen LogP contribution is 2.38. The van der Waals surface area contributed by atoms with Gasteiger partial charge < -0.3 is 9.80 Å². The molecule has 11 aromatic rings. The van der Waals surface area contributed by atoms with E-state index in [1.807, 2.05) is 0 Å². The van der Waals surface area contributed by atoms with Crippen molar-refractivity contribution in [1.82, 2.24) is 0 Å². The van der Waals surface area contributed by atoms with Crippen LogP contribution in [0.25, 0.3) is 36.0 Å². The summed E-state index contributed by atoms with van der Waals surface area (Å²) in [6, 6.07) is 105. The first-order chi connectivity index (χ1) is 38.5. The minimum absolute atomic E-state index is 0.279. The number of aryl methyl sites for hydroxylation is 2. The molecular weight excluding hydrogens is 941 g/mol. The van der Waals surface area contributed by atoms with Gasteiger partial charge in [0, 0.05) is 40.0 Å². The Bertz CT molecular complexity index is 3650. The summed E-state index contributed by atoms with van der Waals surface area (Å²) in [5.74, 6) is 0.279. The van der Waals surface area contributed by atoms with E-state index in [0.29, 0.717) is 0 Å². The Morgan fingerprint density at radius 1 is 0.295 bits per heavy atom. The van der Waals surface area contributed by atoms with Gasteiger partial charge in [-0.15, -0.1) is 0 Å². The number of benzene rings is 11. The molecule has 0 aromatic heterocycles. The summed E-state index contributed by atoms with van der Waals surface area (Å²) in [4.78, 5) is 4.67. The van der Waals surface area contributed by atoms with Gasteiger partial charge in [0.15, 0.2) is 0 Å². The minimum atomic E-state index is 0.279. The Labute approximate surface area is 461 Å². The van der Waals surface area contributed by atoms with Crippen LogP contribution < -0.4 is 9.80 Å². The largest absolute Gasteiger partial charge is 0.311 e. The predicted octanol–water partition coefficient (Wildman–Crippen LogP) is 20.5. The van der Waals surface area contributed by atoms with E-state index in [1.54, 1.807) is 0 Å². The highest BCUT2D eigenvalue weighted by molar-refractivity contribution is 5.92.